The van der Waals surface area contributed by atoms with Gasteiger partial charge in [0.15, 0.2) is 17.1 Å². The fourth-order valence-electron chi connectivity index (χ4n) is 3.77. The molecule has 0 saturated heterocycles. The molecule has 0 amide bonds. The maximum atomic E-state index is 12.7. The van der Waals surface area contributed by atoms with E-state index in [1.807, 2.05) is 39.0 Å². The van der Waals surface area contributed by atoms with E-state index in [1.54, 1.807) is 20.3 Å². The van der Waals surface area contributed by atoms with Crippen LogP contribution in [-0.2, 0) is 12.8 Å². The Labute approximate surface area is 173 Å². The predicted octanol–water partition coefficient (Wildman–Crippen LogP) is 3.41. The Bertz CT molecular complexity index is 1260. The third kappa shape index (κ3) is 3.34. The van der Waals surface area contributed by atoms with Gasteiger partial charge < -0.3 is 14.0 Å². The zero-order valence-corrected chi connectivity index (χ0v) is 17.7. The molecule has 156 valence electrons. The summed E-state index contributed by atoms with van der Waals surface area (Å²) in [6.45, 7) is 5.73. The Hall–Kier alpha value is -3.55. The highest BCUT2D eigenvalue weighted by Gasteiger charge is 2.17. The number of aromatic amines is 1. The van der Waals surface area contributed by atoms with Gasteiger partial charge in [-0.2, -0.15) is 0 Å². The number of aromatic nitrogens is 4. The van der Waals surface area contributed by atoms with Gasteiger partial charge >= 0.3 is 0 Å². The zero-order valence-electron chi connectivity index (χ0n) is 17.7. The summed E-state index contributed by atoms with van der Waals surface area (Å²) < 4.78 is 17.5. The van der Waals surface area contributed by atoms with Gasteiger partial charge in [0.25, 0.3) is 5.56 Å². The molecule has 0 aliphatic heterocycles. The first-order chi connectivity index (χ1) is 14.4. The number of aryl methyl sites for hydroxylation is 4. The molecule has 8 nitrogen and oxygen atoms in total. The van der Waals surface area contributed by atoms with E-state index < -0.39 is 0 Å². The molecule has 0 unspecified atom stereocenters. The SMILES string of the molecule is COc1ccc(-c2c(C)[nH]n3c(=O)cc(CCc4c(C)noc4C)nc23)cc1OC. The average Bonchev–Trinajstić information content (AvgIpc) is 3.24. The van der Waals surface area contributed by atoms with Gasteiger partial charge in [0.2, 0.25) is 0 Å². The lowest BCUT2D eigenvalue weighted by molar-refractivity contribution is 0.355. The maximum Gasteiger partial charge on any atom is 0.272 e. The van der Waals surface area contributed by atoms with Gasteiger partial charge in [0.1, 0.15) is 5.76 Å². The zero-order chi connectivity index (χ0) is 21.4. The number of rotatable bonds is 6. The molecule has 3 aromatic heterocycles. The summed E-state index contributed by atoms with van der Waals surface area (Å²) in [5, 5.41) is 7.11. The van der Waals surface area contributed by atoms with E-state index >= 15 is 0 Å². The Balaban J connectivity index is 1.78. The lowest BCUT2D eigenvalue weighted by atomic mass is 10.0. The number of ether oxygens (including phenoxy) is 2. The molecular weight excluding hydrogens is 384 g/mol. The molecule has 0 fully saturated rings. The Morgan fingerprint density at radius 1 is 1.07 bits per heavy atom. The van der Waals surface area contributed by atoms with Crippen molar-refractivity contribution in [1.82, 2.24) is 19.8 Å². The maximum absolute atomic E-state index is 12.7. The van der Waals surface area contributed by atoms with Crippen molar-refractivity contribution in [3.63, 3.8) is 0 Å². The summed E-state index contributed by atoms with van der Waals surface area (Å²) in [5.74, 6) is 2.06. The summed E-state index contributed by atoms with van der Waals surface area (Å²) in [5.41, 5.74) is 5.67. The fraction of sp³-hybridized carbons (Fsp3) is 0.318. The minimum absolute atomic E-state index is 0.149. The molecule has 8 heteroatoms. The van der Waals surface area contributed by atoms with E-state index in [0.29, 0.717) is 30.0 Å². The number of fused-ring (bicyclic) bond motifs is 1. The molecule has 1 N–H and O–H groups in total. The molecule has 0 radical (unpaired) electrons. The molecule has 0 aliphatic rings. The minimum atomic E-state index is -0.149. The van der Waals surface area contributed by atoms with Gasteiger partial charge in [-0.1, -0.05) is 11.2 Å². The standard InChI is InChI=1S/C22H24N4O4/c1-12-17(14(3)30-25-12)8-7-16-11-20(27)26-22(23-16)21(13(2)24-26)15-6-9-18(28-4)19(10-15)29-5/h6,9-11,24H,7-8H2,1-5H3. The van der Waals surface area contributed by atoms with Gasteiger partial charge in [-0.05, 0) is 51.3 Å². The van der Waals surface area contributed by atoms with Crippen molar-refractivity contribution in [3.8, 4) is 22.6 Å². The molecule has 0 bridgehead atoms. The number of benzene rings is 1. The number of hydrogen-bond acceptors (Lipinski definition) is 6. The van der Waals surface area contributed by atoms with Crippen LogP contribution >= 0.6 is 0 Å². The molecular formula is C22H24N4O4. The van der Waals surface area contributed by atoms with Crippen LogP contribution < -0.4 is 15.0 Å². The summed E-state index contributed by atoms with van der Waals surface area (Å²) in [4.78, 5) is 17.5. The van der Waals surface area contributed by atoms with Crippen molar-refractivity contribution in [1.29, 1.82) is 0 Å². The average molecular weight is 408 g/mol. The number of nitrogens with one attached hydrogen (secondary N) is 1. The van der Waals surface area contributed by atoms with Crippen LogP contribution in [0.15, 0.2) is 33.6 Å². The highest BCUT2D eigenvalue weighted by molar-refractivity contribution is 5.81. The van der Waals surface area contributed by atoms with Crippen LogP contribution in [0.5, 0.6) is 11.5 Å². The third-order valence-corrected chi connectivity index (χ3v) is 5.33. The molecule has 0 saturated carbocycles. The van der Waals surface area contributed by atoms with Crippen LogP contribution in [0, 0.1) is 20.8 Å². The van der Waals surface area contributed by atoms with Crippen LogP contribution in [-0.4, -0.2) is 34.0 Å². The normalized spacial score (nSPS) is 11.2. The molecule has 0 aliphatic carbocycles. The number of methoxy groups -OCH3 is 2. The van der Waals surface area contributed by atoms with E-state index in [1.165, 1.54) is 4.52 Å². The van der Waals surface area contributed by atoms with Crippen molar-refractivity contribution in [3.05, 3.63) is 63.0 Å². The largest absolute Gasteiger partial charge is 0.493 e. The second kappa shape index (κ2) is 7.70. The first-order valence-corrected chi connectivity index (χ1v) is 9.68. The van der Waals surface area contributed by atoms with Crippen LogP contribution in [0.25, 0.3) is 16.8 Å². The molecule has 4 rings (SSSR count). The van der Waals surface area contributed by atoms with Crippen LogP contribution in [0.4, 0.5) is 0 Å². The molecule has 3 heterocycles. The third-order valence-electron chi connectivity index (χ3n) is 5.33. The number of hydrogen-bond donors (Lipinski definition) is 1. The second-order valence-electron chi connectivity index (χ2n) is 7.23. The summed E-state index contributed by atoms with van der Waals surface area (Å²) in [6, 6.07) is 7.23. The van der Waals surface area contributed by atoms with Crippen molar-refractivity contribution < 1.29 is 14.0 Å². The molecule has 0 spiro atoms. The van der Waals surface area contributed by atoms with Gasteiger partial charge in [-0.3, -0.25) is 9.89 Å². The van der Waals surface area contributed by atoms with E-state index in [-0.39, 0.29) is 5.56 Å². The summed E-state index contributed by atoms with van der Waals surface area (Å²) >= 11 is 0. The number of H-pyrrole nitrogens is 1. The smallest absolute Gasteiger partial charge is 0.272 e. The molecule has 1 aromatic carbocycles. The molecule has 0 atom stereocenters. The quantitative estimate of drug-likeness (QED) is 0.525. The van der Waals surface area contributed by atoms with Crippen LogP contribution in [0.1, 0.15) is 28.4 Å². The highest BCUT2D eigenvalue weighted by Crippen LogP contribution is 2.34. The first kappa shape index (κ1) is 19.8. The topological polar surface area (TPSA) is 94.7 Å². The van der Waals surface area contributed by atoms with E-state index in [4.69, 9.17) is 19.0 Å². The van der Waals surface area contributed by atoms with Crippen molar-refractivity contribution >= 4 is 5.65 Å². The molecule has 30 heavy (non-hydrogen) atoms. The van der Waals surface area contributed by atoms with E-state index in [0.717, 1.165) is 39.5 Å². The Morgan fingerprint density at radius 2 is 1.83 bits per heavy atom. The highest BCUT2D eigenvalue weighted by atomic mass is 16.5. The van der Waals surface area contributed by atoms with E-state index in [9.17, 15) is 4.79 Å². The summed E-state index contributed by atoms with van der Waals surface area (Å²) in [7, 11) is 3.19. The lowest BCUT2D eigenvalue weighted by Crippen LogP contribution is -2.16. The van der Waals surface area contributed by atoms with Crippen molar-refractivity contribution in [2.24, 2.45) is 0 Å². The number of nitrogens with zero attached hydrogens (tertiary/aromatic N) is 3. The van der Waals surface area contributed by atoms with E-state index in [2.05, 4.69) is 10.3 Å². The predicted molar refractivity (Wildman–Crippen MR) is 112 cm³/mol. The van der Waals surface area contributed by atoms with Crippen LogP contribution in [0.2, 0.25) is 0 Å². The minimum Gasteiger partial charge on any atom is -0.493 e. The van der Waals surface area contributed by atoms with Crippen molar-refractivity contribution in [2.75, 3.05) is 14.2 Å². The van der Waals surface area contributed by atoms with Gasteiger partial charge in [0.05, 0.1) is 19.9 Å². The van der Waals surface area contributed by atoms with Crippen molar-refractivity contribution in [2.45, 2.75) is 33.6 Å². The van der Waals surface area contributed by atoms with Gasteiger partial charge in [-0.15, -0.1) is 0 Å². The van der Waals surface area contributed by atoms with Gasteiger partial charge in [-0.25, -0.2) is 9.50 Å². The fourth-order valence-corrected chi connectivity index (χ4v) is 3.77. The Morgan fingerprint density at radius 3 is 2.50 bits per heavy atom. The van der Waals surface area contributed by atoms with Crippen LogP contribution in [0.3, 0.4) is 0 Å². The second-order valence-corrected chi connectivity index (χ2v) is 7.23. The monoisotopic (exact) mass is 408 g/mol. The first-order valence-electron chi connectivity index (χ1n) is 9.68. The molecule has 4 aromatic rings. The summed E-state index contributed by atoms with van der Waals surface area (Å²) in [6.07, 6.45) is 1.32. The lowest BCUT2D eigenvalue weighted by Gasteiger charge is -2.09. The Kier molecular flexibility index (Phi) is 5.07. The van der Waals surface area contributed by atoms with Gasteiger partial charge in [0, 0.05) is 28.6 Å².